The second kappa shape index (κ2) is 6.15. The molecular formula is C16H15N2O6-. The van der Waals surface area contributed by atoms with Crippen LogP contribution in [0.5, 0.6) is 0 Å². The Balaban J connectivity index is 2.69. The van der Waals surface area contributed by atoms with Crippen molar-refractivity contribution in [1.29, 1.82) is 0 Å². The fourth-order valence-corrected chi connectivity index (χ4v) is 2.54. The molecule has 1 aliphatic heterocycles. The topological polar surface area (TPSA) is 122 Å². The van der Waals surface area contributed by atoms with E-state index in [-0.39, 0.29) is 22.5 Å². The van der Waals surface area contributed by atoms with Crippen molar-refractivity contribution in [3.8, 4) is 0 Å². The Morgan fingerprint density at radius 1 is 1.33 bits per heavy atom. The Morgan fingerprint density at radius 2 is 2.00 bits per heavy atom. The van der Waals surface area contributed by atoms with E-state index in [4.69, 9.17) is 4.74 Å². The highest BCUT2D eigenvalue weighted by atomic mass is 16.6. The zero-order chi connectivity index (χ0) is 18.1. The standard InChI is InChI=1S/C16H16N2O6/c1-9-13(14(19)24-3)12(8-16(2,17-9)15(20)21)10-5-4-6-11(7-10)18(22)23/h4-8,17H,1-3H3,(H,20,21)/p-1. The first-order valence-electron chi connectivity index (χ1n) is 6.96. The van der Waals surface area contributed by atoms with Crippen molar-refractivity contribution in [1.82, 2.24) is 5.32 Å². The van der Waals surface area contributed by atoms with Crippen LogP contribution >= 0.6 is 0 Å². The number of esters is 1. The monoisotopic (exact) mass is 331 g/mol. The highest BCUT2D eigenvalue weighted by molar-refractivity contribution is 6.09. The van der Waals surface area contributed by atoms with Crippen LogP contribution in [0, 0.1) is 10.1 Å². The molecule has 1 aromatic carbocycles. The predicted octanol–water partition coefficient (Wildman–Crippen LogP) is 0.537. The molecule has 126 valence electrons. The van der Waals surface area contributed by atoms with Gasteiger partial charge in [0.2, 0.25) is 0 Å². The average Bonchev–Trinajstić information content (AvgIpc) is 2.53. The number of aliphatic carboxylic acids is 1. The summed E-state index contributed by atoms with van der Waals surface area (Å²) >= 11 is 0. The number of hydrogen-bond acceptors (Lipinski definition) is 7. The number of benzene rings is 1. The maximum absolute atomic E-state index is 12.1. The van der Waals surface area contributed by atoms with Crippen LogP contribution in [0.25, 0.3) is 5.57 Å². The molecule has 0 saturated heterocycles. The lowest BCUT2D eigenvalue weighted by molar-refractivity contribution is -0.384. The third kappa shape index (κ3) is 2.98. The number of rotatable bonds is 4. The van der Waals surface area contributed by atoms with Crippen LogP contribution in [-0.4, -0.2) is 29.5 Å². The minimum Gasteiger partial charge on any atom is -0.547 e. The number of allylic oxidation sites excluding steroid dienone is 1. The van der Waals surface area contributed by atoms with Gasteiger partial charge in [0, 0.05) is 17.8 Å². The number of carbonyl (C=O) groups excluding carboxylic acids is 2. The number of non-ortho nitro benzene ring substituents is 1. The zero-order valence-electron chi connectivity index (χ0n) is 13.3. The predicted molar refractivity (Wildman–Crippen MR) is 82.3 cm³/mol. The average molecular weight is 331 g/mol. The highest BCUT2D eigenvalue weighted by Crippen LogP contribution is 2.34. The summed E-state index contributed by atoms with van der Waals surface area (Å²) in [5.74, 6) is -2.08. The maximum Gasteiger partial charge on any atom is 0.340 e. The summed E-state index contributed by atoms with van der Waals surface area (Å²) in [6, 6.07) is 5.58. The van der Waals surface area contributed by atoms with Gasteiger partial charge >= 0.3 is 5.97 Å². The molecule has 24 heavy (non-hydrogen) atoms. The molecule has 1 heterocycles. The zero-order valence-corrected chi connectivity index (χ0v) is 13.3. The molecule has 0 bridgehead atoms. The summed E-state index contributed by atoms with van der Waals surface area (Å²) in [5.41, 5.74) is -0.800. The number of nitrogens with one attached hydrogen (secondary N) is 1. The first-order valence-corrected chi connectivity index (χ1v) is 6.96. The van der Waals surface area contributed by atoms with Gasteiger partial charge in [0.25, 0.3) is 5.69 Å². The smallest absolute Gasteiger partial charge is 0.340 e. The van der Waals surface area contributed by atoms with Gasteiger partial charge < -0.3 is 20.0 Å². The van der Waals surface area contributed by atoms with Crippen molar-refractivity contribution in [3.05, 3.63) is 57.3 Å². The maximum atomic E-state index is 12.1. The summed E-state index contributed by atoms with van der Waals surface area (Å²) in [6.07, 6.45) is 1.29. The number of methoxy groups -OCH3 is 1. The summed E-state index contributed by atoms with van der Waals surface area (Å²) in [7, 11) is 1.19. The van der Waals surface area contributed by atoms with Gasteiger partial charge in [-0.25, -0.2) is 4.79 Å². The van der Waals surface area contributed by atoms with Gasteiger partial charge in [0.1, 0.15) is 0 Å². The number of carbonyl (C=O) groups is 2. The summed E-state index contributed by atoms with van der Waals surface area (Å²) in [6.45, 7) is 2.90. The Bertz CT molecular complexity index is 796. The molecule has 0 fully saturated rings. The molecule has 0 amide bonds. The number of nitrogens with zero attached hydrogens (tertiary/aromatic N) is 1. The normalized spacial score (nSPS) is 20.0. The van der Waals surface area contributed by atoms with Crippen LogP contribution in [-0.2, 0) is 14.3 Å². The number of carboxylic acid groups (broad SMARTS) is 1. The molecule has 1 aromatic rings. The Morgan fingerprint density at radius 3 is 2.54 bits per heavy atom. The molecule has 0 aromatic heterocycles. The molecule has 2 rings (SSSR count). The van der Waals surface area contributed by atoms with Gasteiger partial charge in [-0.2, -0.15) is 0 Å². The number of carboxylic acids is 1. The van der Waals surface area contributed by atoms with E-state index in [1.54, 1.807) is 6.07 Å². The van der Waals surface area contributed by atoms with Crippen molar-refractivity contribution >= 4 is 23.2 Å². The van der Waals surface area contributed by atoms with Crippen LogP contribution in [0.2, 0.25) is 0 Å². The Labute approximate surface area is 137 Å². The molecule has 0 spiro atoms. The minimum absolute atomic E-state index is 0.108. The van der Waals surface area contributed by atoms with E-state index in [2.05, 4.69) is 5.32 Å². The molecule has 0 saturated carbocycles. The molecule has 1 atom stereocenters. The van der Waals surface area contributed by atoms with Crippen LogP contribution in [0.15, 0.2) is 41.6 Å². The third-order valence-electron chi connectivity index (χ3n) is 3.71. The molecule has 8 heteroatoms. The minimum atomic E-state index is -1.57. The van der Waals surface area contributed by atoms with Gasteiger partial charge in [0.05, 0.1) is 29.1 Å². The van der Waals surface area contributed by atoms with Gasteiger partial charge in [-0.1, -0.05) is 12.1 Å². The Hall–Kier alpha value is -3.16. The van der Waals surface area contributed by atoms with Gasteiger partial charge in [0.15, 0.2) is 0 Å². The van der Waals surface area contributed by atoms with Crippen LogP contribution in [0.4, 0.5) is 5.69 Å². The molecule has 1 N–H and O–H groups in total. The summed E-state index contributed by atoms with van der Waals surface area (Å²) in [5, 5.41) is 25.1. The van der Waals surface area contributed by atoms with Gasteiger partial charge in [-0.3, -0.25) is 10.1 Å². The number of dihydropyridines is 1. The largest absolute Gasteiger partial charge is 0.547 e. The van der Waals surface area contributed by atoms with Crippen molar-refractivity contribution < 1.29 is 24.4 Å². The lowest BCUT2D eigenvalue weighted by Crippen LogP contribution is -2.56. The van der Waals surface area contributed by atoms with E-state index in [9.17, 15) is 24.8 Å². The number of nitro benzene ring substituents is 1. The van der Waals surface area contributed by atoms with E-state index >= 15 is 0 Å². The molecule has 0 radical (unpaired) electrons. The fraction of sp³-hybridized carbons (Fsp3) is 0.250. The van der Waals surface area contributed by atoms with E-state index in [1.807, 2.05) is 0 Å². The number of ether oxygens (including phenoxy) is 1. The van der Waals surface area contributed by atoms with Crippen molar-refractivity contribution in [2.75, 3.05) is 7.11 Å². The first kappa shape index (κ1) is 17.2. The van der Waals surface area contributed by atoms with Crippen LogP contribution in [0.3, 0.4) is 0 Å². The number of hydrogen-bond donors (Lipinski definition) is 1. The van der Waals surface area contributed by atoms with Crippen LogP contribution < -0.4 is 10.4 Å². The second-order valence-corrected chi connectivity index (χ2v) is 5.47. The third-order valence-corrected chi connectivity index (χ3v) is 3.71. The highest BCUT2D eigenvalue weighted by Gasteiger charge is 2.34. The molecule has 8 nitrogen and oxygen atoms in total. The first-order chi connectivity index (χ1) is 11.2. The summed E-state index contributed by atoms with van der Waals surface area (Å²) < 4.78 is 4.74. The van der Waals surface area contributed by atoms with E-state index in [0.717, 1.165) is 0 Å². The lowest BCUT2D eigenvalue weighted by Gasteiger charge is -2.36. The molecule has 1 aliphatic rings. The SMILES string of the molecule is COC(=O)C1=C(C)NC(C)(C(=O)[O-])C=C1c1cccc([N+](=O)[O-])c1. The van der Waals surface area contributed by atoms with Crippen molar-refractivity contribution in [2.24, 2.45) is 0 Å². The van der Waals surface area contributed by atoms with E-state index in [1.165, 1.54) is 45.2 Å². The fourth-order valence-electron chi connectivity index (χ4n) is 2.54. The van der Waals surface area contributed by atoms with Crippen LogP contribution in [0.1, 0.15) is 19.4 Å². The lowest BCUT2D eigenvalue weighted by atomic mass is 9.85. The number of nitro groups is 1. The molecule has 1 unspecified atom stereocenters. The molecule has 0 aliphatic carbocycles. The van der Waals surface area contributed by atoms with E-state index in [0.29, 0.717) is 5.56 Å². The second-order valence-electron chi connectivity index (χ2n) is 5.47. The van der Waals surface area contributed by atoms with Crippen molar-refractivity contribution in [3.63, 3.8) is 0 Å². The molecular weight excluding hydrogens is 316 g/mol. The van der Waals surface area contributed by atoms with Gasteiger partial charge in [-0.15, -0.1) is 0 Å². The quantitative estimate of drug-likeness (QED) is 0.485. The Kier molecular flexibility index (Phi) is 4.41. The van der Waals surface area contributed by atoms with Gasteiger partial charge in [-0.05, 0) is 31.1 Å². The van der Waals surface area contributed by atoms with E-state index < -0.39 is 22.4 Å². The summed E-state index contributed by atoms with van der Waals surface area (Å²) in [4.78, 5) is 34.0. The van der Waals surface area contributed by atoms with Crippen molar-refractivity contribution in [2.45, 2.75) is 19.4 Å².